The van der Waals surface area contributed by atoms with Crippen LogP contribution in [0.1, 0.15) is 5.56 Å². The van der Waals surface area contributed by atoms with Crippen molar-refractivity contribution in [2.75, 3.05) is 0 Å². The van der Waals surface area contributed by atoms with Gasteiger partial charge in [-0.1, -0.05) is 91.0 Å². The van der Waals surface area contributed by atoms with Gasteiger partial charge in [-0.3, -0.25) is 0 Å². The fraction of sp³-hybridized carbons (Fsp3) is 0. The number of rotatable bonds is 2. The SMILES string of the molecule is N#Cc1ccc(-c2ccc3ccc4c(-c5ccccc5)ccc5ccc2c3c54)cc1. The number of benzene rings is 6. The highest BCUT2D eigenvalue weighted by atomic mass is 14.2. The smallest absolute Gasteiger partial charge is 0.0991 e. The molecule has 0 aliphatic carbocycles. The molecular weight excluding hydrogens is 362 g/mol. The Bertz CT molecular complexity index is 1570. The Morgan fingerprint density at radius 1 is 0.467 bits per heavy atom. The van der Waals surface area contributed by atoms with Gasteiger partial charge >= 0.3 is 0 Å². The first-order valence-electron chi connectivity index (χ1n) is 10.1. The van der Waals surface area contributed by atoms with Crippen LogP contribution in [-0.4, -0.2) is 0 Å². The highest BCUT2D eigenvalue weighted by molar-refractivity contribution is 6.27. The van der Waals surface area contributed by atoms with Crippen LogP contribution in [0.4, 0.5) is 0 Å². The second-order valence-electron chi connectivity index (χ2n) is 7.70. The van der Waals surface area contributed by atoms with Crippen molar-refractivity contribution < 1.29 is 0 Å². The maximum absolute atomic E-state index is 9.13. The van der Waals surface area contributed by atoms with Crippen molar-refractivity contribution in [1.29, 1.82) is 5.26 Å². The van der Waals surface area contributed by atoms with Crippen LogP contribution in [0.25, 0.3) is 54.6 Å². The van der Waals surface area contributed by atoms with Gasteiger partial charge in [0, 0.05) is 0 Å². The van der Waals surface area contributed by atoms with Crippen LogP contribution in [0.15, 0.2) is 103 Å². The van der Waals surface area contributed by atoms with E-state index in [0.29, 0.717) is 5.56 Å². The molecular formula is C29H17N. The fourth-order valence-corrected chi connectivity index (χ4v) is 4.65. The zero-order chi connectivity index (χ0) is 20.1. The van der Waals surface area contributed by atoms with Crippen LogP contribution in [0, 0.1) is 11.3 Å². The van der Waals surface area contributed by atoms with E-state index in [1.165, 1.54) is 49.0 Å². The van der Waals surface area contributed by atoms with Gasteiger partial charge in [0.2, 0.25) is 0 Å². The maximum atomic E-state index is 9.13. The molecule has 0 radical (unpaired) electrons. The molecule has 0 spiro atoms. The average Bonchev–Trinajstić information content (AvgIpc) is 2.83. The lowest BCUT2D eigenvalue weighted by Crippen LogP contribution is -1.89. The molecule has 0 bridgehead atoms. The third-order valence-electron chi connectivity index (χ3n) is 6.07. The topological polar surface area (TPSA) is 23.8 Å². The van der Waals surface area contributed by atoms with Gasteiger partial charge in [-0.25, -0.2) is 0 Å². The Morgan fingerprint density at radius 2 is 0.967 bits per heavy atom. The van der Waals surface area contributed by atoms with Crippen molar-refractivity contribution in [2.24, 2.45) is 0 Å². The van der Waals surface area contributed by atoms with Gasteiger partial charge in [0.1, 0.15) is 0 Å². The number of nitrogens with zero attached hydrogens (tertiary/aromatic N) is 1. The minimum Gasteiger partial charge on any atom is -0.192 e. The molecule has 0 fully saturated rings. The lowest BCUT2D eigenvalue weighted by atomic mass is 9.87. The summed E-state index contributed by atoms with van der Waals surface area (Å²) in [5, 5.41) is 16.8. The quantitative estimate of drug-likeness (QED) is 0.282. The van der Waals surface area contributed by atoms with Gasteiger partial charge in [0.25, 0.3) is 0 Å². The molecule has 0 N–H and O–H groups in total. The van der Waals surface area contributed by atoms with E-state index < -0.39 is 0 Å². The summed E-state index contributed by atoms with van der Waals surface area (Å²) in [4.78, 5) is 0. The Morgan fingerprint density at radius 3 is 1.50 bits per heavy atom. The largest absolute Gasteiger partial charge is 0.192 e. The first kappa shape index (κ1) is 16.8. The fourth-order valence-electron chi connectivity index (χ4n) is 4.65. The summed E-state index contributed by atoms with van der Waals surface area (Å²) in [6.45, 7) is 0. The molecule has 6 aromatic carbocycles. The minimum atomic E-state index is 0.684. The molecule has 0 unspecified atom stereocenters. The third kappa shape index (κ3) is 2.41. The van der Waals surface area contributed by atoms with Gasteiger partial charge in [-0.2, -0.15) is 5.26 Å². The molecule has 0 aromatic heterocycles. The van der Waals surface area contributed by atoms with Gasteiger partial charge in [0.15, 0.2) is 0 Å². The molecule has 0 saturated heterocycles. The van der Waals surface area contributed by atoms with Crippen molar-refractivity contribution >= 4 is 32.3 Å². The molecule has 6 aromatic rings. The van der Waals surface area contributed by atoms with Crippen molar-refractivity contribution in [3.63, 3.8) is 0 Å². The predicted molar refractivity (Wildman–Crippen MR) is 126 cm³/mol. The second-order valence-corrected chi connectivity index (χ2v) is 7.70. The van der Waals surface area contributed by atoms with Crippen molar-refractivity contribution in [2.45, 2.75) is 0 Å². The molecule has 138 valence electrons. The van der Waals surface area contributed by atoms with E-state index in [1.807, 2.05) is 24.3 Å². The number of hydrogen-bond acceptors (Lipinski definition) is 1. The van der Waals surface area contributed by atoms with E-state index in [-0.39, 0.29) is 0 Å². The van der Waals surface area contributed by atoms with Crippen molar-refractivity contribution in [3.05, 3.63) is 109 Å². The summed E-state index contributed by atoms with van der Waals surface area (Å²) in [6, 6.07) is 38.5. The maximum Gasteiger partial charge on any atom is 0.0991 e. The van der Waals surface area contributed by atoms with E-state index >= 15 is 0 Å². The van der Waals surface area contributed by atoms with E-state index in [4.69, 9.17) is 5.26 Å². The summed E-state index contributed by atoms with van der Waals surface area (Å²) < 4.78 is 0. The van der Waals surface area contributed by atoms with E-state index in [1.54, 1.807) is 0 Å². The van der Waals surface area contributed by atoms with E-state index in [9.17, 15) is 0 Å². The number of nitriles is 1. The summed E-state index contributed by atoms with van der Waals surface area (Å²) in [6.07, 6.45) is 0. The molecule has 0 saturated carbocycles. The third-order valence-corrected chi connectivity index (χ3v) is 6.07. The van der Waals surface area contributed by atoms with Crippen LogP contribution in [0.2, 0.25) is 0 Å². The molecule has 6 rings (SSSR count). The Balaban J connectivity index is 1.70. The zero-order valence-electron chi connectivity index (χ0n) is 16.3. The van der Waals surface area contributed by atoms with Crippen LogP contribution in [-0.2, 0) is 0 Å². The van der Waals surface area contributed by atoms with Crippen molar-refractivity contribution in [1.82, 2.24) is 0 Å². The molecule has 30 heavy (non-hydrogen) atoms. The summed E-state index contributed by atoms with van der Waals surface area (Å²) in [7, 11) is 0. The normalized spacial score (nSPS) is 11.3. The molecule has 0 amide bonds. The molecule has 1 heteroatoms. The van der Waals surface area contributed by atoms with Gasteiger partial charge in [-0.15, -0.1) is 0 Å². The second kappa shape index (κ2) is 6.44. The molecule has 0 aliphatic heterocycles. The molecule has 0 atom stereocenters. The lowest BCUT2D eigenvalue weighted by Gasteiger charge is -2.16. The van der Waals surface area contributed by atoms with Crippen LogP contribution >= 0.6 is 0 Å². The van der Waals surface area contributed by atoms with E-state index in [2.05, 4.69) is 84.9 Å². The van der Waals surface area contributed by atoms with Gasteiger partial charge in [0.05, 0.1) is 11.6 Å². The standard InChI is InChI=1S/C29H17N/c30-18-19-6-8-21(9-7-19)25-15-11-23-12-16-26-24(20-4-2-1-3-5-20)14-10-22-13-17-27(25)29(23)28(22)26/h1-17H. The lowest BCUT2D eigenvalue weighted by molar-refractivity contribution is 1.48. The average molecular weight is 379 g/mol. The minimum absolute atomic E-state index is 0.684. The molecule has 1 nitrogen and oxygen atoms in total. The molecule has 0 heterocycles. The predicted octanol–water partition coefficient (Wildman–Crippen LogP) is 7.79. The first-order valence-corrected chi connectivity index (χ1v) is 10.1. The zero-order valence-corrected chi connectivity index (χ0v) is 16.3. The Kier molecular flexibility index (Phi) is 3.60. The highest BCUT2D eigenvalue weighted by Crippen LogP contribution is 2.42. The Labute approximate surface area is 174 Å². The van der Waals surface area contributed by atoms with E-state index in [0.717, 1.165) is 5.56 Å². The summed E-state index contributed by atoms with van der Waals surface area (Å²) in [5.74, 6) is 0. The highest BCUT2D eigenvalue weighted by Gasteiger charge is 2.14. The monoisotopic (exact) mass is 379 g/mol. The van der Waals surface area contributed by atoms with Crippen LogP contribution in [0.5, 0.6) is 0 Å². The van der Waals surface area contributed by atoms with Gasteiger partial charge < -0.3 is 0 Å². The Hall–Kier alpha value is -4.15. The van der Waals surface area contributed by atoms with Crippen molar-refractivity contribution in [3.8, 4) is 28.3 Å². The summed E-state index contributed by atoms with van der Waals surface area (Å²) >= 11 is 0. The van der Waals surface area contributed by atoms with Crippen LogP contribution in [0.3, 0.4) is 0 Å². The number of hydrogen-bond donors (Lipinski definition) is 0. The first-order chi connectivity index (χ1) is 14.8. The summed E-state index contributed by atoms with van der Waals surface area (Å²) in [5.41, 5.74) is 5.52. The molecule has 0 aliphatic rings. The van der Waals surface area contributed by atoms with Gasteiger partial charge in [-0.05, 0) is 66.7 Å². The van der Waals surface area contributed by atoms with Crippen LogP contribution < -0.4 is 0 Å².